The number of nitrogens with zero attached hydrogens (tertiary/aromatic N) is 1. The molecular weight excluding hydrogens is 424 g/mol. The third kappa shape index (κ3) is 4.70. The molecule has 0 unspecified atom stereocenters. The summed E-state index contributed by atoms with van der Waals surface area (Å²) in [4.78, 5) is 11.3. The first kappa shape index (κ1) is 23.6. The van der Waals surface area contributed by atoms with Crippen molar-refractivity contribution in [3.8, 4) is 16.9 Å². The molecule has 0 aliphatic rings. The van der Waals surface area contributed by atoms with Gasteiger partial charge in [0.1, 0.15) is 12.4 Å². The predicted molar refractivity (Wildman–Crippen MR) is 137 cm³/mol. The zero-order valence-corrected chi connectivity index (χ0v) is 20.3. The molecule has 5 nitrogen and oxygen atoms in total. The Morgan fingerprint density at radius 3 is 2.53 bits per heavy atom. The molecule has 0 spiro atoms. The van der Waals surface area contributed by atoms with Crippen molar-refractivity contribution in [1.29, 1.82) is 0 Å². The maximum atomic E-state index is 11.3. The molecule has 4 aromatic rings. The number of carboxylic acids is 1. The molecule has 0 saturated carbocycles. The Bertz CT molecular complexity index is 1350. The molecule has 0 fully saturated rings. The van der Waals surface area contributed by atoms with Gasteiger partial charge in [0.2, 0.25) is 0 Å². The second kappa shape index (κ2) is 9.74. The lowest BCUT2D eigenvalue weighted by Crippen LogP contribution is -2.05. The summed E-state index contributed by atoms with van der Waals surface area (Å²) in [6.07, 6.45) is 2.07. The van der Waals surface area contributed by atoms with Gasteiger partial charge in [-0.2, -0.15) is 0 Å². The maximum absolute atomic E-state index is 11.3. The standard InChI is InChI=1S/C29H32N2O3/c1-18(2)31-11-10-25-26(24-7-5-6-23(16-30)20(24)4)13-21(14-27(25)31)17-34-28-12-19(3)8-9-22(28)15-29(32)33/h5-14,18H,15-17,30H2,1-4H3,(H,32,33). The largest absolute Gasteiger partial charge is 0.489 e. The summed E-state index contributed by atoms with van der Waals surface area (Å²) in [6.45, 7) is 9.29. The number of aliphatic carboxylic acids is 1. The van der Waals surface area contributed by atoms with Crippen molar-refractivity contribution < 1.29 is 14.6 Å². The van der Waals surface area contributed by atoms with Crippen molar-refractivity contribution >= 4 is 16.9 Å². The Balaban J connectivity index is 1.80. The van der Waals surface area contributed by atoms with Crippen molar-refractivity contribution in [2.24, 2.45) is 5.73 Å². The molecule has 3 N–H and O–H groups in total. The molecule has 0 aliphatic carbocycles. The zero-order valence-electron chi connectivity index (χ0n) is 20.3. The van der Waals surface area contributed by atoms with E-state index < -0.39 is 5.97 Å². The van der Waals surface area contributed by atoms with E-state index in [1.54, 1.807) is 0 Å². The van der Waals surface area contributed by atoms with Gasteiger partial charge in [0.15, 0.2) is 0 Å². The minimum absolute atomic E-state index is 0.0683. The number of aromatic nitrogens is 1. The molecule has 1 aromatic heterocycles. The van der Waals surface area contributed by atoms with E-state index in [0.717, 1.165) is 27.8 Å². The molecular formula is C29H32N2O3. The van der Waals surface area contributed by atoms with E-state index in [-0.39, 0.29) is 6.42 Å². The van der Waals surface area contributed by atoms with Gasteiger partial charge in [-0.3, -0.25) is 4.79 Å². The summed E-state index contributed by atoms with van der Waals surface area (Å²) in [7, 11) is 0. The number of carbonyl (C=O) groups is 1. The molecule has 0 bridgehead atoms. The molecule has 5 heteroatoms. The summed E-state index contributed by atoms with van der Waals surface area (Å²) < 4.78 is 8.47. The Morgan fingerprint density at radius 1 is 1.03 bits per heavy atom. The minimum Gasteiger partial charge on any atom is -0.489 e. The van der Waals surface area contributed by atoms with Crippen LogP contribution in [0.25, 0.3) is 22.0 Å². The molecule has 34 heavy (non-hydrogen) atoms. The van der Waals surface area contributed by atoms with Crippen molar-refractivity contribution in [3.63, 3.8) is 0 Å². The van der Waals surface area contributed by atoms with E-state index in [2.05, 4.69) is 67.9 Å². The number of nitrogens with two attached hydrogens (primary N) is 1. The van der Waals surface area contributed by atoms with Gasteiger partial charge in [-0.25, -0.2) is 0 Å². The van der Waals surface area contributed by atoms with Gasteiger partial charge in [-0.1, -0.05) is 30.3 Å². The van der Waals surface area contributed by atoms with E-state index in [4.69, 9.17) is 10.5 Å². The van der Waals surface area contributed by atoms with Crippen molar-refractivity contribution in [2.75, 3.05) is 0 Å². The molecule has 0 amide bonds. The second-order valence-corrected chi connectivity index (χ2v) is 9.16. The lowest BCUT2D eigenvalue weighted by molar-refractivity contribution is -0.136. The fourth-order valence-electron chi connectivity index (χ4n) is 4.54. The molecule has 176 valence electrons. The van der Waals surface area contributed by atoms with Gasteiger partial charge in [0.05, 0.1) is 6.42 Å². The molecule has 0 radical (unpaired) electrons. The highest BCUT2D eigenvalue weighted by atomic mass is 16.5. The Hall–Kier alpha value is -3.57. The second-order valence-electron chi connectivity index (χ2n) is 9.16. The number of benzene rings is 3. The zero-order chi connectivity index (χ0) is 24.4. The van der Waals surface area contributed by atoms with Crippen LogP contribution in [0.3, 0.4) is 0 Å². The first-order valence-electron chi connectivity index (χ1n) is 11.6. The summed E-state index contributed by atoms with van der Waals surface area (Å²) in [5, 5.41) is 10.5. The molecule has 1 heterocycles. The lowest BCUT2D eigenvalue weighted by Gasteiger charge is -2.17. The first-order valence-corrected chi connectivity index (χ1v) is 11.6. The fraction of sp³-hybridized carbons (Fsp3) is 0.276. The van der Waals surface area contributed by atoms with Crippen LogP contribution in [-0.2, 0) is 24.4 Å². The van der Waals surface area contributed by atoms with Crippen molar-refractivity contribution in [3.05, 3.63) is 88.6 Å². The lowest BCUT2D eigenvalue weighted by atomic mass is 9.93. The highest BCUT2D eigenvalue weighted by Crippen LogP contribution is 2.35. The normalized spacial score (nSPS) is 11.4. The van der Waals surface area contributed by atoms with Gasteiger partial charge < -0.3 is 20.1 Å². The third-order valence-electron chi connectivity index (χ3n) is 6.37. The summed E-state index contributed by atoms with van der Waals surface area (Å²) >= 11 is 0. The summed E-state index contributed by atoms with van der Waals surface area (Å²) in [5.41, 5.74) is 14.5. The van der Waals surface area contributed by atoms with Crippen LogP contribution in [0.5, 0.6) is 5.75 Å². The Kier molecular flexibility index (Phi) is 6.75. The van der Waals surface area contributed by atoms with E-state index in [9.17, 15) is 9.90 Å². The van der Waals surface area contributed by atoms with Crippen LogP contribution in [0.2, 0.25) is 0 Å². The van der Waals surface area contributed by atoms with E-state index >= 15 is 0 Å². The summed E-state index contributed by atoms with van der Waals surface area (Å²) in [5.74, 6) is -0.257. The van der Waals surface area contributed by atoms with Gasteiger partial charge in [0.25, 0.3) is 0 Å². The topological polar surface area (TPSA) is 77.5 Å². The highest BCUT2D eigenvalue weighted by Gasteiger charge is 2.15. The first-order chi connectivity index (χ1) is 16.3. The number of hydrogen-bond donors (Lipinski definition) is 2. The quantitative estimate of drug-likeness (QED) is 0.332. The Labute approximate surface area is 200 Å². The van der Waals surface area contributed by atoms with Crippen LogP contribution in [0, 0.1) is 13.8 Å². The van der Waals surface area contributed by atoms with E-state index in [1.165, 1.54) is 16.5 Å². The van der Waals surface area contributed by atoms with Crippen LogP contribution in [0.4, 0.5) is 0 Å². The van der Waals surface area contributed by atoms with Crippen molar-refractivity contribution in [1.82, 2.24) is 4.57 Å². The highest BCUT2D eigenvalue weighted by molar-refractivity contribution is 5.97. The van der Waals surface area contributed by atoms with Gasteiger partial charge in [-0.15, -0.1) is 0 Å². The van der Waals surface area contributed by atoms with Gasteiger partial charge in [-0.05, 0) is 85.3 Å². The van der Waals surface area contributed by atoms with E-state index in [0.29, 0.717) is 30.5 Å². The average Bonchev–Trinajstić information content (AvgIpc) is 3.23. The number of aryl methyl sites for hydroxylation is 1. The van der Waals surface area contributed by atoms with Crippen LogP contribution >= 0.6 is 0 Å². The minimum atomic E-state index is -0.873. The molecule has 0 aliphatic heterocycles. The average molecular weight is 457 g/mol. The molecule has 0 saturated heterocycles. The summed E-state index contributed by atoms with van der Waals surface area (Å²) in [6, 6.07) is 18.8. The van der Waals surface area contributed by atoms with Crippen LogP contribution < -0.4 is 10.5 Å². The number of rotatable bonds is 8. The number of hydrogen-bond acceptors (Lipinski definition) is 3. The molecule has 0 atom stereocenters. The third-order valence-corrected chi connectivity index (χ3v) is 6.37. The van der Waals surface area contributed by atoms with Crippen LogP contribution in [0.1, 0.15) is 47.7 Å². The smallest absolute Gasteiger partial charge is 0.307 e. The SMILES string of the molecule is Cc1ccc(CC(=O)O)c(OCc2cc(-c3cccc(CN)c3C)c3ccn(C(C)C)c3c2)c1. The number of fused-ring (bicyclic) bond motifs is 1. The number of carboxylic acid groups (broad SMARTS) is 1. The van der Waals surface area contributed by atoms with Gasteiger partial charge >= 0.3 is 5.97 Å². The fourth-order valence-corrected chi connectivity index (χ4v) is 4.54. The van der Waals surface area contributed by atoms with Crippen LogP contribution in [-0.4, -0.2) is 15.6 Å². The molecule has 3 aromatic carbocycles. The predicted octanol–water partition coefficient (Wildman–Crippen LogP) is 6.17. The Morgan fingerprint density at radius 2 is 1.82 bits per heavy atom. The maximum Gasteiger partial charge on any atom is 0.307 e. The number of ether oxygens (including phenoxy) is 1. The van der Waals surface area contributed by atoms with E-state index in [1.807, 2.05) is 25.1 Å². The van der Waals surface area contributed by atoms with Crippen LogP contribution in [0.15, 0.2) is 60.8 Å². The van der Waals surface area contributed by atoms with Crippen molar-refractivity contribution in [2.45, 2.75) is 53.3 Å². The molecule has 4 rings (SSSR count). The van der Waals surface area contributed by atoms with Gasteiger partial charge in [0, 0.05) is 35.2 Å². The monoisotopic (exact) mass is 456 g/mol.